The molecule has 0 amide bonds. The minimum atomic E-state index is -0.949. The number of rotatable bonds is 12. The zero-order chi connectivity index (χ0) is 18.7. The molecular formula is C20H30F3NS. The number of unbranched alkanes of at least 4 members (excludes halogenated alkanes) is 6. The van der Waals surface area contributed by atoms with Crippen LogP contribution in [0.2, 0.25) is 0 Å². The van der Waals surface area contributed by atoms with E-state index in [9.17, 15) is 13.2 Å². The van der Waals surface area contributed by atoms with Crippen LogP contribution in [0.15, 0.2) is 12.1 Å². The summed E-state index contributed by atoms with van der Waals surface area (Å²) < 4.78 is 40.7. The van der Waals surface area contributed by atoms with Crippen molar-refractivity contribution >= 4 is 22.9 Å². The summed E-state index contributed by atoms with van der Waals surface area (Å²) in [6, 6.07) is 1.34. The van der Waals surface area contributed by atoms with Crippen molar-refractivity contribution in [2.24, 2.45) is 5.92 Å². The van der Waals surface area contributed by atoms with E-state index < -0.39 is 17.5 Å². The van der Waals surface area contributed by atoms with E-state index in [4.69, 9.17) is 12.2 Å². The maximum Gasteiger partial charge on any atom is 0.152 e. The highest BCUT2D eigenvalue weighted by Gasteiger charge is 2.18. The molecule has 0 radical (unpaired) electrons. The van der Waals surface area contributed by atoms with E-state index in [0.717, 1.165) is 51.4 Å². The van der Waals surface area contributed by atoms with Crippen LogP contribution in [0.5, 0.6) is 0 Å². The lowest BCUT2D eigenvalue weighted by Crippen LogP contribution is -2.22. The van der Waals surface area contributed by atoms with E-state index in [0.29, 0.717) is 17.1 Å². The molecule has 1 nitrogen and oxygen atoms in total. The fraction of sp³-hybridized carbons (Fsp3) is 0.650. The monoisotopic (exact) mass is 373 g/mol. The maximum atomic E-state index is 13.8. The molecule has 0 fully saturated rings. The van der Waals surface area contributed by atoms with Crippen molar-refractivity contribution in [2.45, 2.75) is 78.1 Å². The van der Waals surface area contributed by atoms with Gasteiger partial charge in [-0.05, 0) is 12.8 Å². The predicted molar refractivity (Wildman–Crippen MR) is 104 cm³/mol. The number of hydrogen-bond donors (Lipinski definition) is 1. The Morgan fingerprint density at radius 3 is 1.80 bits per heavy atom. The second kappa shape index (κ2) is 12.3. The van der Waals surface area contributed by atoms with Crippen molar-refractivity contribution in [3.63, 3.8) is 0 Å². The molecule has 0 saturated heterocycles. The first kappa shape index (κ1) is 21.9. The van der Waals surface area contributed by atoms with E-state index in [1.54, 1.807) is 0 Å². The first-order valence-corrected chi connectivity index (χ1v) is 9.85. The van der Waals surface area contributed by atoms with Crippen molar-refractivity contribution in [3.8, 4) is 0 Å². The van der Waals surface area contributed by atoms with Crippen LogP contribution in [0.1, 0.15) is 78.1 Å². The quantitative estimate of drug-likeness (QED) is 0.302. The average Bonchev–Trinajstić information content (AvgIpc) is 2.56. The summed E-state index contributed by atoms with van der Waals surface area (Å²) in [4.78, 5) is 0.456. The van der Waals surface area contributed by atoms with Gasteiger partial charge in [0.25, 0.3) is 0 Å². The molecule has 0 heterocycles. The molecule has 0 aliphatic carbocycles. The molecule has 5 heteroatoms. The lowest BCUT2D eigenvalue weighted by Gasteiger charge is -2.20. The standard InChI is InChI=1S/C20H30F3NS/c1-3-5-7-9-11-15(12-10-8-6-4-2)20(25)24-19-17(22)13-16(21)14-18(19)23/h13-15H,3-12H2,1-2H3,(H,24,25). The van der Waals surface area contributed by atoms with Crippen LogP contribution in [0.4, 0.5) is 18.9 Å². The molecule has 0 aromatic heterocycles. The van der Waals surface area contributed by atoms with Gasteiger partial charge in [-0.3, -0.25) is 0 Å². The maximum absolute atomic E-state index is 13.8. The zero-order valence-corrected chi connectivity index (χ0v) is 16.2. The largest absolute Gasteiger partial charge is 0.345 e. The smallest absolute Gasteiger partial charge is 0.152 e. The Bertz CT molecular complexity index is 499. The van der Waals surface area contributed by atoms with E-state index >= 15 is 0 Å². The molecule has 0 aliphatic heterocycles. The molecule has 0 aliphatic rings. The van der Waals surface area contributed by atoms with Crippen molar-refractivity contribution in [2.75, 3.05) is 5.32 Å². The number of hydrogen-bond acceptors (Lipinski definition) is 1. The van der Waals surface area contributed by atoms with Crippen LogP contribution in [0.25, 0.3) is 0 Å². The summed E-state index contributed by atoms with van der Waals surface area (Å²) in [6.45, 7) is 4.32. The van der Waals surface area contributed by atoms with Gasteiger partial charge in [0, 0.05) is 18.1 Å². The summed E-state index contributed by atoms with van der Waals surface area (Å²) >= 11 is 5.43. The zero-order valence-electron chi connectivity index (χ0n) is 15.3. The van der Waals surface area contributed by atoms with Crippen LogP contribution < -0.4 is 5.32 Å². The minimum absolute atomic E-state index is 0.104. The van der Waals surface area contributed by atoms with Gasteiger partial charge >= 0.3 is 0 Å². The van der Waals surface area contributed by atoms with Crippen molar-refractivity contribution < 1.29 is 13.2 Å². The average molecular weight is 374 g/mol. The van der Waals surface area contributed by atoms with Gasteiger partial charge in [-0.15, -0.1) is 0 Å². The normalized spacial score (nSPS) is 11.1. The Labute approximate surface area is 155 Å². The molecule has 1 aromatic carbocycles. The first-order valence-electron chi connectivity index (χ1n) is 9.45. The van der Waals surface area contributed by atoms with E-state index in [1.807, 2.05) is 0 Å². The highest BCUT2D eigenvalue weighted by molar-refractivity contribution is 7.80. The highest BCUT2D eigenvalue weighted by Crippen LogP contribution is 2.25. The lowest BCUT2D eigenvalue weighted by atomic mass is 9.94. The molecule has 1 N–H and O–H groups in total. The molecule has 142 valence electrons. The minimum Gasteiger partial charge on any atom is -0.345 e. The second-order valence-electron chi connectivity index (χ2n) is 6.63. The topological polar surface area (TPSA) is 12.0 Å². The second-order valence-corrected chi connectivity index (χ2v) is 7.07. The summed E-state index contributed by atoms with van der Waals surface area (Å²) in [5.41, 5.74) is -0.349. The lowest BCUT2D eigenvalue weighted by molar-refractivity contribution is 0.496. The van der Waals surface area contributed by atoms with Gasteiger partial charge in [0.1, 0.15) is 11.5 Å². The Kier molecular flexibility index (Phi) is 10.8. The fourth-order valence-corrected chi connectivity index (χ4v) is 3.27. The van der Waals surface area contributed by atoms with Gasteiger partial charge in [0.15, 0.2) is 11.6 Å². The molecule has 1 rings (SSSR count). The van der Waals surface area contributed by atoms with Crippen LogP contribution in [-0.4, -0.2) is 4.99 Å². The van der Waals surface area contributed by atoms with Gasteiger partial charge < -0.3 is 5.32 Å². The molecule has 25 heavy (non-hydrogen) atoms. The molecular weight excluding hydrogens is 343 g/mol. The van der Waals surface area contributed by atoms with Crippen molar-refractivity contribution in [1.29, 1.82) is 0 Å². The Balaban J connectivity index is 2.69. The third-order valence-corrected chi connectivity index (χ3v) is 4.87. The number of benzene rings is 1. The first-order chi connectivity index (χ1) is 12.0. The Hall–Kier alpha value is -1.10. The van der Waals surface area contributed by atoms with Crippen LogP contribution in [0, 0.1) is 23.4 Å². The van der Waals surface area contributed by atoms with Crippen LogP contribution >= 0.6 is 12.2 Å². The number of thiocarbonyl (C=S) groups is 1. The molecule has 0 spiro atoms. The summed E-state index contributed by atoms with van der Waals surface area (Å²) in [5.74, 6) is -2.72. The van der Waals surface area contributed by atoms with E-state index in [-0.39, 0.29) is 11.6 Å². The van der Waals surface area contributed by atoms with Crippen molar-refractivity contribution in [3.05, 3.63) is 29.6 Å². The molecule has 0 bridgehead atoms. The van der Waals surface area contributed by atoms with E-state index in [1.165, 1.54) is 12.8 Å². The molecule has 0 saturated carbocycles. The van der Waals surface area contributed by atoms with Crippen LogP contribution in [-0.2, 0) is 0 Å². The third-order valence-electron chi connectivity index (χ3n) is 4.44. The molecule has 0 atom stereocenters. The number of anilines is 1. The summed E-state index contributed by atoms with van der Waals surface area (Å²) in [6.07, 6.45) is 10.9. The number of nitrogens with one attached hydrogen (secondary N) is 1. The summed E-state index contributed by atoms with van der Waals surface area (Å²) in [5, 5.41) is 2.70. The SMILES string of the molecule is CCCCCCC(CCCCCC)C(=S)Nc1c(F)cc(F)cc1F. The van der Waals surface area contributed by atoms with Crippen LogP contribution in [0.3, 0.4) is 0 Å². The fourth-order valence-electron chi connectivity index (χ4n) is 2.93. The van der Waals surface area contributed by atoms with Gasteiger partial charge in [-0.25, -0.2) is 13.2 Å². The van der Waals surface area contributed by atoms with Gasteiger partial charge in [0.2, 0.25) is 0 Å². The summed E-state index contributed by atoms with van der Waals surface area (Å²) in [7, 11) is 0. The number of halogens is 3. The van der Waals surface area contributed by atoms with E-state index in [2.05, 4.69) is 19.2 Å². The van der Waals surface area contributed by atoms with Crippen molar-refractivity contribution in [1.82, 2.24) is 0 Å². The Morgan fingerprint density at radius 2 is 1.36 bits per heavy atom. The van der Waals surface area contributed by atoms with Gasteiger partial charge in [-0.2, -0.15) is 0 Å². The molecule has 1 aromatic rings. The van der Waals surface area contributed by atoms with Gasteiger partial charge in [0.05, 0.1) is 4.99 Å². The highest BCUT2D eigenvalue weighted by atomic mass is 32.1. The Morgan fingerprint density at radius 1 is 0.880 bits per heavy atom. The molecule has 0 unspecified atom stereocenters. The predicted octanol–water partition coefficient (Wildman–Crippen LogP) is 7.40. The third kappa shape index (κ3) is 8.21. The van der Waals surface area contributed by atoms with Gasteiger partial charge in [-0.1, -0.05) is 77.4 Å².